The second-order valence-corrected chi connectivity index (χ2v) is 4.25. The molecule has 2 nitrogen and oxygen atoms in total. The molecule has 3 heteroatoms. The van der Waals surface area contributed by atoms with Crippen molar-refractivity contribution in [1.29, 1.82) is 0 Å². The summed E-state index contributed by atoms with van der Waals surface area (Å²) in [4.78, 5) is 0. The lowest BCUT2D eigenvalue weighted by Crippen LogP contribution is -2.20. The van der Waals surface area contributed by atoms with Crippen LogP contribution in [0.5, 0.6) is 0 Å². The summed E-state index contributed by atoms with van der Waals surface area (Å²) in [5.41, 5.74) is 7.22. The predicted octanol–water partition coefficient (Wildman–Crippen LogP) is 2.60. The Labute approximate surface area is 106 Å². The minimum Gasteiger partial charge on any atom is -0.388 e. The Morgan fingerprint density at radius 2 is 1.67 bits per heavy atom. The minimum atomic E-state index is -0.724. The van der Waals surface area contributed by atoms with Crippen molar-refractivity contribution in [3.8, 4) is 0 Å². The van der Waals surface area contributed by atoms with Crippen LogP contribution in [-0.4, -0.2) is 11.7 Å². The van der Waals surface area contributed by atoms with Crippen LogP contribution in [0.1, 0.15) is 23.1 Å². The maximum absolute atomic E-state index is 13.2. The Bertz CT molecular complexity index is 501. The first-order valence-corrected chi connectivity index (χ1v) is 5.91. The smallest absolute Gasteiger partial charge is 0.123 e. The molecule has 0 heterocycles. The van der Waals surface area contributed by atoms with Gasteiger partial charge in [-0.1, -0.05) is 42.5 Å². The van der Waals surface area contributed by atoms with Gasteiger partial charge in [-0.2, -0.15) is 0 Å². The Hall–Kier alpha value is -1.71. The Balaban J connectivity index is 2.29. The molecule has 2 aromatic rings. The average molecular weight is 245 g/mol. The zero-order valence-electron chi connectivity index (χ0n) is 9.96. The lowest BCUT2D eigenvalue weighted by atomic mass is 9.89. The van der Waals surface area contributed by atoms with E-state index in [-0.39, 0.29) is 18.3 Å². The molecule has 0 aromatic heterocycles. The molecule has 0 aliphatic carbocycles. The molecule has 0 aliphatic rings. The maximum Gasteiger partial charge on any atom is 0.123 e. The van der Waals surface area contributed by atoms with Gasteiger partial charge < -0.3 is 10.8 Å². The lowest BCUT2D eigenvalue weighted by Gasteiger charge is -2.22. The molecule has 2 rings (SSSR count). The third-order valence-corrected chi connectivity index (χ3v) is 3.05. The topological polar surface area (TPSA) is 46.2 Å². The monoisotopic (exact) mass is 245 g/mol. The molecule has 2 unspecified atom stereocenters. The first-order chi connectivity index (χ1) is 8.72. The quantitative estimate of drug-likeness (QED) is 0.869. The summed E-state index contributed by atoms with van der Waals surface area (Å²) in [6, 6.07) is 15.5. The van der Waals surface area contributed by atoms with Gasteiger partial charge in [-0.05, 0) is 23.3 Å². The summed E-state index contributed by atoms with van der Waals surface area (Å²) in [6.07, 6.45) is -0.724. The van der Waals surface area contributed by atoms with Gasteiger partial charge in [-0.3, -0.25) is 0 Å². The van der Waals surface area contributed by atoms with E-state index >= 15 is 0 Å². The number of hydrogen-bond donors (Lipinski definition) is 2. The Morgan fingerprint density at radius 1 is 1.00 bits per heavy atom. The molecule has 94 valence electrons. The van der Waals surface area contributed by atoms with Gasteiger partial charge in [0, 0.05) is 12.5 Å². The van der Waals surface area contributed by atoms with E-state index < -0.39 is 6.10 Å². The summed E-state index contributed by atoms with van der Waals surface area (Å²) in [6.45, 7) is 0.263. The molecule has 0 fully saturated rings. The van der Waals surface area contributed by atoms with Crippen molar-refractivity contribution in [3.63, 3.8) is 0 Å². The first-order valence-electron chi connectivity index (χ1n) is 5.91. The normalized spacial score (nSPS) is 14.2. The molecule has 0 saturated carbocycles. The number of rotatable bonds is 4. The van der Waals surface area contributed by atoms with E-state index in [4.69, 9.17) is 5.73 Å². The van der Waals surface area contributed by atoms with Gasteiger partial charge in [0.05, 0.1) is 6.10 Å². The molecule has 0 bridgehead atoms. The van der Waals surface area contributed by atoms with Gasteiger partial charge in [-0.15, -0.1) is 0 Å². The van der Waals surface area contributed by atoms with Crippen LogP contribution in [0.2, 0.25) is 0 Å². The standard InChI is InChI=1S/C15H16FNO/c16-13-8-4-7-12(9-13)14(10-17)15(18)11-5-2-1-3-6-11/h1-9,14-15,18H,10,17H2. The van der Waals surface area contributed by atoms with E-state index in [0.717, 1.165) is 5.56 Å². The van der Waals surface area contributed by atoms with Crippen molar-refractivity contribution in [3.05, 3.63) is 71.5 Å². The van der Waals surface area contributed by atoms with E-state index in [1.165, 1.54) is 12.1 Å². The minimum absolute atomic E-state index is 0.263. The Morgan fingerprint density at radius 3 is 2.28 bits per heavy atom. The van der Waals surface area contributed by atoms with Crippen molar-refractivity contribution < 1.29 is 9.50 Å². The summed E-state index contributed by atoms with van der Waals surface area (Å²) in [5, 5.41) is 10.3. The molecule has 2 atom stereocenters. The number of benzene rings is 2. The van der Waals surface area contributed by atoms with Crippen molar-refractivity contribution in [2.45, 2.75) is 12.0 Å². The van der Waals surface area contributed by atoms with Gasteiger partial charge in [-0.25, -0.2) is 4.39 Å². The second-order valence-electron chi connectivity index (χ2n) is 4.25. The van der Waals surface area contributed by atoms with Crippen LogP contribution in [0.15, 0.2) is 54.6 Å². The highest BCUT2D eigenvalue weighted by atomic mass is 19.1. The second kappa shape index (κ2) is 5.76. The van der Waals surface area contributed by atoms with E-state index in [0.29, 0.717) is 5.56 Å². The first kappa shape index (κ1) is 12.7. The van der Waals surface area contributed by atoms with Crippen LogP contribution in [0, 0.1) is 5.82 Å². The van der Waals surface area contributed by atoms with E-state index in [1.807, 2.05) is 30.3 Å². The SMILES string of the molecule is NCC(c1cccc(F)c1)C(O)c1ccccc1. The van der Waals surface area contributed by atoms with E-state index in [1.54, 1.807) is 12.1 Å². The molecule has 0 amide bonds. The molecular formula is C15H16FNO. The van der Waals surface area contributed by atoms with Crippen molar-refractivity contribution in [2.24, 2.45) is 5.73 Å². The fourth-order valence-electron chi connectivity index (χ4n) is 2.07. The fourth-order valence-corrected chi connectivity index (χ4v) is 2.07. The van der Waals surface area contributed by atoms with Gasteiger partial charge in [0.25, 0.3) is 0 Å². The maximum atomic E-state index is 13.2. The highest BCUT2D eigenvalue weighted by molar-refractivity contribution is 5.27. The molecule has 0 radical (unpaired) electrons. The van der Waals surface area contributed by atoms with Crippen LogP contribution in [0.4, 0.5) is 4.39 Å². The van der Waals surface area contributed by atoms with Crippen LogP contribution in [0.25, 0.3) is 0 Å². The van der Waals surface area contributed by atoms with Crippen LogP contribution in [-0.2, 0) is 0 Å². The number of hydrogen-bond acceptors (Lipinski definition) is 2. The summed E-state index contributed by atoms with van der Waals surface area (Å²) >= 11 is 0. The summed E-state index contributed by atoms with van der Waals surface area (Å²) in [5.74, 6) is -0.616. The van der Waals surface area contributed by atoms with Crippen molar-refractivity contribution >= 4 is 0 Å². The van der Waals surface area contributed by atoms with Crippen LogP contribution < -0.4 is 5.73 Å². The number of aliphatic hydroxyl groups excluding tert-OH is 1. The van der Waals surface area contributed by atoms with E-state index in [2.05, 4.69) is 0 Å². The highest BCUT2D eigenvalue weighted by Crippen LogP contribution is 2.30. The molecule has 0 spiro atoms. The number of nitrogens with two attached hydrogens (primary N) is 1. The lowest BCUT2D eigenvalue weighted by molar-refractivity contribution is 0.147. The van der Waals surface area contributed by atoms with Crippen LogP contribution >= 0.6 is 0 Å². The zero-order valence-corrected chi connectivity index (χ0v) is 9.96. The van der Waals surface area contributed by atoms with Gasteiger partial charge in [0.1, 0.15) is 5.82 Å². The van der Waals surface area contributed by atoms with Crippen molar-refractivity contribution in [1.82, 2.24) is 0 Å². The predicted molar refractivity (Wildman–Crippen MR) is 69.6 cm³/mol. The largest absolute Gasteiger partial charge is 0.388 e. The van der Waals surface area contributed by atoms with Crippen molar-refractivity contribution in [2.75, 3.05) is 6.54 Å². The average Bonchev–Trinajstić information content (AvgIpc) is 2.40. The zero-order chi connectivity index (χ0) is 13.0. The molecule has 0 aliphatic heterocycles. The molecular weight excluding hydrogens is 229 g/mol. The Kier molecular flexibility index (Phi) is 4.07. The van der Waals surface area contributed by atoms with Crippen LogP contribution in [0.3, 0.4) is 0 Å². The highest BCUT2D eigenvalue weighted by Gasteiger charge is 2.21. The third-order valence-electron chi connectivity index (χ3n) is 3.05. The molecule has 2 aromatic carbocycles. The summed E-state index contributed by atoms with van der Waals surface area (Å²) < 4.78 is 13.2. The third kappa shape index (κ3) is 2.75. The number of halogens is 1. The number of aliphatic hydroxyl groups is 1. The summed E-state index contributed by atoms with van der Waals surface area (Å²) in [7, 11) is 0. The van der Waals surface area contributed by atoms with Gasteiger partial charge >= 0.3 is 0 Å². The molecule has 18 heavy (non-hydrogen) atoms. The molecule has 0 saturated heterocycles. The van der Waals surface area contributed by atoms with E-state index in [9.17, 15) is 9.50 Å². The fraction of sp³-hybridized carbons (Fsp3) is 0.200. The van der Waals surface area contributed by atoms with Gasteiger partial charge in [0.2, 0.25) is 0 Å². The molecule has 3 N–H and O–H groups in total. The van der Waals surface area contributed by atoms with Gasteiger partial charge in [0.15, 0.2) is 0 Å².